The van der Waals surface area contributed by atoms with Crippen LogP contribution < -0.4 is 5.32 Å². The van der Waals surface area contributed by atoms with Crippen molar-refractivity contribution < 1.29 is 37.8 Å². The minimum absolute atomic E-state index is 0.162. The first-order chi connectivity index (χ1) is 21.2. The third kappa shape index (κ3) is 12.5. The predicted molar refractivity (Wildman–Crippen MR) is 169 cm³/mol. The fraction of sp³-hybridized carbons (Fsp3) is 0.576. The van der Waals surface area contributed by atoms with E-state index < -0.39 is 29.9 Å². The minimum atomic E-state index is -0.802. The van der Waals surface area contributed by atoms with Crippen LogP contribution in [0, 0.1) is 5.92 Å². The number of nitrogens with one attached hydrogen (secondary N) is 1. The molecule has 0 radical (unpaired) electrons. The van der Waals surface area contributed by atoms with Gasteiger partial charge in [-0.1, -0.05) is 44.2 Å². The summed E-state index contributed by atoms with van der Waals surface area (Å²) >= 11 is 0. The van der Waals surface area contributed by atoms with E-state index in [1.807, 2.05) is 44.2 Å². The molecule has 2 rings (SSSR count). The van der Waals surface area contributed by atoms with Gasteiger partial charge in [-0.3, -0.25) is 14.5 Å². The molecule has 3 atom stereocenters. The van der Waals surface area contributed by atoms with Crippen LogP contribution in [0.15, 0.2) is 53.1 Å². The Bertz CT molecular complexity index is 1200. The fourth-order valence-corrected chi connectivity index (χ4v) is 4.61. The lowest BCUT2D eigenvalue weighted by atomic mass is 9.98. The van der Waals surface area contributed by atoms with Gasteiger partial charge >= 0.3 is 12.2 Å². The topological polar surface area (TPSA) is 131 Å². The van der Waals surface area contributed by atoms with Crippen LogP contribution in [0.2, 0.25) is 0 Å². The molecule has 0 aliphatic carbocycles. The maximum Gasteiger partial charge on any atom is 0.410 e. The van der Waals surface area contributed by atoms with Crippen molar-refractivity contribution in [3.05, 3.63) is 60.1 Å². The van der Waals surface area contributed by atoms with Gasteiger partial charge in [-0.15, -0.1) is 0 Å². The Balaban J connectivity index is 1.92. The summed E-state index contributed by atoms with van der Waals surface area (Å²) in [5.41, 5.74) is 0.187. The van der Waals surface area contributed by atoms with E-state index in [4.69, 9.17) is 18.6 Å². The molecule has 12 heteroatoms. The number of nitrogens with zero attached hydrogens (tertiary/aromatic N) is 3. The zero-order valence-corrected chi connectivity index (χ0v) is 27.9. The molecule has 0 saturated carbocycles. The smallest absolute Gasteiger partial charge is 0.410 e. The van der Waals surface area contributed by atoms with Crippen LogP contribution in [0.5, 0.6) is 0 Å². The van der Waals surface area contributed by atoms with Crippen LogP contribution in [-0.4, -0.2) is 97.3 Å². The van der Waals surface area contributed by atoms with E-state index in [2.05, 4.69) is 5.32 Å². The van der Waals surface area contributed by atoms with Crippen molar-refractivity contribution in [2.75, 3.05) is 46.9 Å². The van der Waals surface area contributed by atoms with Gasteiger partial charge in [-0.05, 0) is 51.8 Å². The second-order valence-electron chi connectivity index (χ2n) is 12.0. The maximum atomic E-state index is 13.5. The van der Waals surface area contributed by atoms with Crippen LogP contribution in [0.4, 0.5) is 9.59 Å². The van der Waals surface area contributed by atoms with Crippen LogP contribution in [0.3, 0.4) is 0 Å². The van der Waals surface area contributed by atoms with Gasteiger partial charge in [-0.25, -0.2) is 9.59 Å². The highest BCUT2D eigenvalue weighted by atomic mass is 16.6. The molecule has 1 heterocycles. The first-order valence-corrected chi connectivity index (χ1v) is 15.3. The molecule has 1 aromatic carbocycles. The molecule has 250 valence electrons. The summed E-state index contributed by atoms with van der Waals surface area (Å²) in [4.78, 5) is 55.6. The number of furan rings is 1. The van der Waals surface area contributed by atoms with Gasteiger partial charge in [-0.2, -0.15) is 0 Å². The largest absolute Gasteiger partial charge is 0.467 e. The second-order valence-corrected chi connectivity index (χ2v) is 12.0. The number of hydrogen-bond donors (Lipinski definition) is 1. The highest BCUT2D eigenvalue weighted by Gasteiger charge is 2.35. The summed E-state index contributed by atoms with van der Waals surface area (Å²) in [5.74, 6) is -0.234. The molecule has 12 nitrogen and oxygen atoms in total. The number of alkyl carbamates (subject to hydrolysis) is 1. The van der Waals surface area contributed by atoms with Gasteiger partial charge in [0, 0.05) is 39.6 Å². The predicted octanol–water partition coefficient (Wildman–Crippen LogP) is 4.85. The number of likely N-dealkylation sites (N-methyl/N-ethyl adjacent to an activating group) is 2. The van der Waals surface area contributed by atoms with Crippen molar-refractivity contribution in [2.45, 2.75) is 72.3 Å². The summed E-state index contributed by atoms with van der Waals surface area (Å²) in [5, 5.41) is 2.68. The number of carbonyl (C=O) groups is 4. The molecule has 2 aromatic rings. The number of benzene rings is 1. The standard InChI is InChI=1S/C33H50N4O8/c1-9-18-37(19-17-34-31(40)44-22-26-14-11-10-12-15-26)28(38)23-42-21-24(2)29(27-16-13-20-43-27)36(8)30(39)25(3)35(7)32(41)45-33(4,5)6/h10-16,20,24-25,29H,9,17-19,21-23H2,1-8H3,(H,34,40)/t24-,25-,29+/m1/s1. The maximum absolute atomic E-state index is 13.5. The zero-order chi connectivity index (χ0) is 33.6. The molecule has 45 heavy (non-hydrogen) atoms. The van der Waals surface area contributed by atoms with E-state index in [-0.39, 0.29) is 44.1 Å². The first kappa shape index (κ1) is 37.1. The molecule has 1 N–H and O–H groups in total. The monoisotopic (exact) mass is 630 g/mol. The van der Waals surface area contributed by atoms with Gasteiger partial charge in [0.05, 0.1) is 18.9 Å². The van der Waals surface area contributed by atoms with Gasteiger partial charge in [0.25, 0.3) is 0 Å². The highest BCUT2D eigenvalue weighted by molar-refractivity contribution is 5.85. The van der Waals surface area contributed by atoms with Crippen molar-refractivity contribution in [1.29, 1.82) is 0 Å². The lowest BCUT2D eigenvalue weighted by molar-refractivity contribution is -0.141. The molecule has 1 aromatic heterocycles. The third-order valence-corrected chi connectivity index (χ3v) is 7.07. The van der Waals surface area contributed by atoms with E-state index in [1.54, 1.807) is 51.8 Å². The Morgan fingerprint density at radius 1 is 0.956 bits per heavy atom. The molecular formula is C33H50N4O8. The summed E-state index contributed by atoms with van der Waals surface area (Å²) < 4.78 is 22.2. The molecule has 0 aliphatic heterocycles. The Labute approximate surface area is 266 Å². The van der Waals surface area contributed by atoms with Crippen molar-refractivity contribution in [2.24, 2.45) is 5.92 Å². The van der Waals surface area contributed by atoms with E-state index in [0.29, 0.717) is 18.8 Å². The summed E-state index contributed by atoms with van der Waals surface area (Å²) in [6.07, 6.45) is 1.12. The molecule has 0 unspecified atom stereocenters. The van der Waals surface area contributed by atoms with Gasteiger partial charge < -0.3 is 33.7 Å². The zero-order valence-electron chi connectivity index (χ0n) is 27.9. The highest BCUT2D eigenvalue weighted by Crippen LogP contribution is 2.29. The normalized spacial score (nSPS) is 13.2. The number of rotatable bonds is 16. The molecule has 0 aliphatic rings. The van der Waals surface area contributed by atoms with E-state index >= 15 is 0 Å². The van der Waals surface area contributed by atoms with Gasteiger partial charge in [0.1, 0.15) is 30.6 Å². The number of carbonyl (C=O) groups excluding carboxylic acids is 4. The lowest BCUT2D eigenvalue weighted by Crippen LogP contribution is -2.49. The lowest BCUT2D eigenvalue weighted by Gasteiger charge is -2.35. The Kier molecular flexibility index (Phi) is 14.9. The Hall–Kier alpha value is -4.06. The molecular weight excluding hydrogens is 580 g/mol. The number of ether oxygens (including phenoxy) is 3. The van der Waals surface area contributed by atoms with Gasteiger partial charge in [0.2, 0.25) is 11.8 Å². The van der Waals surface area contributed by atoms with Gasteiger partial charge in [0.15, 0.2) is 0 Å². The average molecular weight is 631 g/mol. The van der Waals surface area contributed by atoms with E-state index in [0.717, 1.165) is 12.0 Å². The van der Waals surface area contributed by atoms with Crippen LogP contribution in [-0.2, 0) is 30.4 Å². The summed E-state index contributed by atoms with van der Waals surface area (Å²) in [6, 6.07) is 11.6. The second kappa shape index (κ2) is 18.0. The minimum Gasteiger partial charge on any atom is -0.467 e. The molecule has 0 saturated heterocycles. The quantitative estimate of drug-likeness (QED) is 0.279. The van der Waals surface area contributed by atoms with Crippen molar-refractivity contribution >= 4 is 24.0 Å². The number of amides is 4. The van der Waals surface area contributed by atoms with Crippen molar-refractivity contribution in [1.82, 2.24) is 20.0 Å². The SMILES string of the molecule is CCCN(CCNC(=O)OCc1ccccc1)C(=O)COC[C@@H](C)[C@@H](c1ccco1)N(C)C(=O)[C@@H](C)N(C)C(=O)OC(C)(C)C. The molecule has 4 amide bonds. The van der Waals surface area contributed by atoms with Crippen LogP contribution in [0.25, 0.3) is 0 Å². The average Bonchev–Trinajstić information content (AvgIpc) is 3.52. The Morgan fingerprint density at radius 3 is 2.24 bits per heavy atom. The third-order valence-electron chi connectivity index (χ3n) is 7.07. The summed E-state index contributed by atoms with van der Waals surface area (Å²) in [6.45, 7) is 12.0. The molecule has 0 spiro atoms. The summed E-state index contributed by atoms with van der Waals surface area (Å²) in [7, 11) is 3.17. The van der Waals surface area contributed by atoms with Crippen molar-refractivity contribution in [3.8, 4) is 0 Å². The van der Waals surface area contributed by atoms with Crippen LogP contribution in [0.1, 0.15) is 65.3 Å². The first-order valence-electron chi connectivity index (χ1n) is 15.3. The fourth-order valence-electron chi connectivity index (χ4n) is 4.61. The Morgan fingerprint density at radius 2 is 1.64 bits per heavy atom. The van der Waals surface area contributed by atoms with Crippen LogP contribution >= 0.6 is 0 Å². The number of hydrogen-bond acceptors (Lipinski definition) is 8. The van der Waals surface area contributed by atoms with E-state index in [1.165, 1.54) is 23.1 Å². The van der Waals surface area contributed by atoms with Crippen molar-refractivity contribution in [3.63, 3.8) is 0 Å². The molecule has 0 bridgehead atoms. The molecule has 0 fully saturated rings. The van der Waals surface area contributed by atoms with E-state index in [9.17, 15) is 19.2 Å².